The predicted molar refractivity (Wildman–Crippen MR) is 62.8 cm³/mol. The Hall–Kier alpha value is -1.24. The maximum atomic E-state index is 10.2. The molecular formula is C12H20N2O2. The van der Waals surface area contributed by atoms with Crippen molar-refractivity contribution in [1.82, 2.24) is 0 Å². The summed E-state index contributed by atoms with van der Waals surface area (Å²) in [5.41, 5.74) is -0.331. The minimum Gasteiger partial charge on any atom is -0.211 e. The van der Waals surface area contributed by atoms with Crippen LogP contribution in [0.2, 0.25) is 0 Å². The molecule has 0 aromatic heterocycles. The van der Waals surface area contributed by atoms with E-state index in [1.165, 1.54) is 6.08 Å². The average Bonchev–Trinajstić information content (AvgIpc) is 2.22. The Labute approximate surface area is 96.9 Å². The highest BCUT2D eigenvalue weighted by molar-refractivity contribution is 5.34. The smallest absolute Gasteiger partial charge is 0.211 e. The van der Waals surface area contributed by atoms with E-state index in [0.717, 1.165) is 25.7 Å². The number of hydrogen-bond acceptors (Lipinski definition) is 4. The SMILES string of the molecule is CC(CCCCCN=C=O)C(C)(C)N=C=O. The second-order valence-corrected chi connectivity index (χ2v) is 4.58. The Morgan fingerprint density at radius 3 is 2.38 bits per heavy atom. The van der Waals surface area contributed by atoms with Crippen molar-refractivity contribution in [3.8, 4) is 0 Å². The van der Waals surface area contributed by atoms with Crippen LogP contribution in [0.5, 0.6) is 0 Å². The van der Waals surface area contributed by atoms with Crippen LogP contribution in [-0.2, 0) is 9.59 Å². The topological polar surface area (TPSA) is 58.9 Å². The molecule has 0 saturated carbocycles. The van der Waals surface area contributed by atoms with E-state index in [1.54, 1.807) is 6.08 Å². The van der Waals surface area contributed by atoms with E-state index in [2.05, 4.69) is 16.9 Å². The normalized spacial score (nSPS) is 12.4. The van der Waals surface area contributed by atoms with Gasteiger partial charge in [-0.3, -0.25) is 0 Å². The summed E-state index contributed by atoms with van der Waals surface area (Å²) in [7, 11) is 0. The fraction of sp³-hybridized carbons (Fsp3) is 0.833. The molecule has 0 radical (unpaired) electrons. The van der Waals surface area contributed by atoms with Gasteiger partial charge in [-0.05, 0) is 32.6 Å². The van der Waals surface area contributed by atoms with Gasteiger partial charge >= 0.3 is 0 Å². The van der Waals surface area contributed by atoms with Crippen LogP contribution in [0.15, 0.2) is 9.98 Å². The van der Waals surface area contributed by atoms with Crippen molar-refractivity contribution in [2.24, 2.45) is 15.9 Å². The minimum absolute atomic E-state index is 0.331. The van der Waals surface area contributed by atoms with Crippen molar-refractivity contribution in [1.29, 1.82) is 0 Å². The van der Waals surface area contributed by atoms with Crippen LogP contribution in [0.3, 0.4) is 0 Å². The number of isocyanates is 2. The molecule has 0 aliphatic carbocycles. The van der Waals surface area contributed by atoms with E-state index in [1.807, 2.05) is 13.8 Å². The summed E-state index contributed by atoms with van der Waals surface area (Å²) in [5.74, 6) is 0.350. The summed E-state index contributed by atoms with van der Waals surface area (Å²) in [4.78, 5) is 27.3. The fourth-order valence-corrected chi connectivity index (χ4v) is 1.44. The third kappa shape index (κ3) is 6.28. The van der Waals surface area contributed by atoms with Gasteiger partial charge in [0, 0.05) is 0 Å². The Kier molecular flexibility index (Phi) is 7.36. The van der Waals surface area contributed by atoms with Crippen molar-refractivity contribution >= 4 is 12.2 Å². The summed E-state index contributed by atoms with van der Waals surface area (Å²) in [6.07, 6.45) is 7.18. The fourth-order valence-electron chi connectivity index (χ4n) is 1.44. The number of aliphatic imine (C=N–C) groups is 2. The first-order chi connectivity index (χ1) is 7.54. The van der Waals surface area contributed by atoms with Gasteiger partial charge < -0.3 is 0 Å². The summed E-state index contributed by atoms with van der Waals surface area (Å²) in [5, 5.41) is 0. The highest BCUT2D eigenvalue weighted by Gasteiger charge is 2.24. The first-order valence-electron chi connectivity index (χ1n) is 5.67. The van der Waals surface area contributed by atoms with Crippen molar-refractivity contribution in [2.75, 3.05) is 6.54 Å². The van der Waals surface area contributed by atoms with Crippen LogP contribution in [0.1, 0.15) is 46.5 Å². The zero-order chi connectivity index (χ0) is 12.4. The Morgan fingerprint density at radius 1 is 1.12 bits per heavy atom. The second kappa shape index (κ2) is 7.98. The average molecular weight is 224 g/mol. The van der Waals surface area contributed by atoms with Gasteiger partial charge in [-0.15, -0.1) is 0 Å². The Morgan fingerprint density at radius 2 is 1.81 bits per heavy atom. The molecule has 0 bridgehead atoms. The molecule has 0 saturated heterocycles. The summed E-state index contributed by atoms with van der Waals surface area (Å²) in [6.45, 7) is 6.54. The third-order valence-corrected chi connectivity index (χ3v) is 3.01. The molecule has 0 amide bonds. The predicted octanol–water partition coefficient (Wildman–Crippen LogP) is 2.63. The number of carbonyl (C=O) groups excluding carboxylic acids is 2. The first kappa shape index (κ1) is 14.8. The van der Waals surface area contributed by atoms with Crippen LogP contribution in [0.4, 0.5) is 0 Å². The Balaban J connectivity index is 3.76. The van der Waals surface area contributed by atoms with Crippen LogP contribution >= 0.6 is 0 Å². The van der Waals surface area contributed by atoms with E-state index >= 15 is 0 Å². The van der Waals surface area contributed by atoms with Crippen molar-refractivity contribution in [3.63, 3.8) is 0 Å². The number of rotatable bonds is 8. The summed E-state index contributed by atoms with van der Waals surface area (Å²) in [6, 6.07) is 0. The van der Waals surface area contributed by atoms with Crippen LogP contribution in [-0.4, -0.2) is 24.2 Å². The van der Waals surface area contributed by atoms with E-state index in [0.29, 0.717) is 12.5 Å². The zero-order valence-corrected chi connectivity index (χ0v) is 10.3. The molecule has 4 heteroatoms. The van der Waals surface area contributed by atoms with Gasteiger partial charge in [-0.25, -0.2) is 14.6 Å². The van der Waals surface area contributed by atoms with Crippen LogP contribution in [0.25, 0.3) is 0 Å². The molecule has 0 fully saturated rings. The molecule has 0 aromatic rings. The van der Waals surface area contributed by atoms with Gasteiger partial charge in [-0.1, -0.05) is 19.8 Å². The third-order valence-electron chi connectivity index (χ3n) is 3.01. The van der Waals surface area contributed by atoms with E-state index in [4.69, 9.17) is 0 Å². The molecule has 0 heterocycles. The molecule has 0 N–H and O–H groups in total. The molecule has 4 nitrogen and oxygen atoms in total. The second-order valence-electron chi connectivity index (χ2n) is 4.58. The van der Waals surface area contributed by atoms with Crippen molar-refractivity contribution < 1.29 is 9.59 Å². The van der Waals surface area contributed by atoms with Crippen molar-refractivity contribution in [2.45, 2.75) is 52.0 Å². The highest BCUT2D eigenvalue weighted by Crippen LogP contribution is 2.25. The quantitative estimate of drug-likeness (QED) is 0.361. The molecule has 0 rings (SSSR count). The van der Waals surface area contributed by atoms with Gasteiger partial charge in [0.2, 0.25) is 12.2 Å². The summed E-state index contributed by atoms with van der Waals surface area (Å²) < 4.78 is 0. The van der Waals surface area contributed by atoms with Gasteiger partial charge in [0.1, 0.15) is 0 Å². The van der Waals surface area contributed by atoms with Gasteiger partial charge in [-0.2, -0.15) is 4.99 Å². The monoisotopic (exact) mass is 224 g/mol. The maximum Gasteiger partial charge on any atom is 0.235 e. The molecular weight excluding hydrogens is 204 g/mol. The molecule has 0 aliphatic rings. The van der Waals surface area contributed by atoms with Gasteiger partial charge in [0.05, 0.1) is 12.1 Å². The van der Waals surface area contributed by atoms with Crippen LogP contribution < -0.4 is 0 Å². The molecule has 1 atom stereocenters. The van der Waals surface area contributed by atoms with Crippen molar-refractivity contribution in [3.05, 3.63) is 0 Å². The van der Waals surface area contributed by atoms with E-state index < -0.39 is 0 Å². The molecule has 16 heavy (non-hydrogen) atoms. The first-order valence-corrected chi connectivity index (χ1v) is 5.67. The lowest BCUT2D eigenvalue weighted by molar-refractivity contribution is 0.318. The summed E-state index contributed by atoms with van der Waals surface area (Å²) >= 11 is 0. The number of hydrogen-bond donors (Lipinski definition) is 0. The lowest BCUT2D eigenvalue weighted by Gasteiger charge is -2.25. The molecule has 0 spiro atoms. The minimum atomic E-state index is -0.331. The molecule has 90 valence electrons. The molecule has 0 aromatic carbocycles. The van der Waals surface area contributed by atoms with Crippen LogP contribution in [0, 0.1) is 5.92 Å². The molecule has 0 aliphatic heterocycles. The van der Waals surface area contributed by atoms with E-state index in [-0.39, 0.29) is 5.54 Å². The molecule has 1 unspecified atom stereocenters. The Bertz CT molecular complexity index is 287. The number of unbranched alkanes of at least 4 members (excludes halogenated alkanes) is 2. The van der Waals surface area contributed by atoms with Gasteiger partial charge in [0.15, 0.2) is 0 Å². The van der Waals surface area contributed by atoms with E-state index in [9.17, 15) is 9.59 Å². The maximum absolute atomic E-state index is 10.2. The lowest BCUT2D eigenvalue weighted by atomic mass is 9.85. The largest absolute Gasteiger partial charge is 0.235 e. The lowest BCUT2D eigenvalue weighted by Crippen LogP contribution is -2.26. The van der Waals surface area contributed by atoms with Gasteiger partial charge in [0.25, 0.3) is 0 Å². The highest BCUT2D eigenvalue weighted by atomic mass is 16.1. The number of nitrogens with zero attached hydrogens (tertiary/aromatic N) is 2. The standard InChI is InChI=1S/C12H20N2O2/c1-11(12(2,3)14-10-16)7-5-4-6-8-13-9-15/h11H,4-8H2,1-3H3. The zero-order valence-electron chi connectivity index (χ0n) is 10.3.